The van der Waals surface area contributed by atoms with Crippen molar-refractivity contribution in [3.63, 3.8) is 0 Å². The predicted octanol–water partition coefficient (Wildman–Crippen LogP) is 2.15. The van der Waals surface area contributed by atoms with Gasteiger partial charge < -0.3 is 14.2 Å². The fourth-order valence-electron chi connectivity index (χ4n) is 3.55. The van der Waals surface area contributed by atoms with E-state index in [0.717, 1.165) is 24.9 Å². The molecule has 0 aliphatic carbocycles. The molecule has 1 aromatic heterocycles. The van der Waals surface area contributed by atoms with Gasteiger partial charge in [0.25, 0.3) is 5.89 Å². The summed E-state index contributed by atoms with van der Waals surface area (Å²) in [5.74, 6) is 1.19. The van der Waals surface area contributed by atoms with Gasteiger partial charge in [-0.3, -0.25) is 4.90 Å². The number of piperidine rings is 1. The highest BCUT2D eigenvalue weighted by molar-refractivity contribution is 5.70. The van der Waals surface area contributed by atoms with E-state index < -0.39 is 5.60 Å². The molecule has 2 aliphatic rings. The molecule has 0 N–H and O–H groups in total. The van der Waals surface area contributed by atoms with E-state index in [0.29, 0.717) is 31.3 Å². The topological polar surface area (TPSA) is 71.7 Å². The molecule has 2 saturated heterocycles. The summed E-state index contributed by atoms with van der Waals surface area (Å²) in [4.78, 5) is 20.1. The fraction of sp³-hybridized carbons (Fsp3) is 0.471. The molecule has 2 fully saturated rings. The zero-order valence-corrected chi connectivity index (χ0v) is 13.6. The van der Waals surface area contributed by atoms with Crippen LogP contribution in [0.3, 0.4) is 0 Å². The third kappa shape index (κ3) is 2.87. The Morgan fingerprint density at radius 2 is 2.08 bits per heavy atom. The number of rotatable bonds is 3. The van der Waals surface area contributed by atoms with Crippen LogP contribution in [0.2, 0.25) is 0 Å². The Morgan fingerprint density at radius 3 is 2.83 bits per heavy atom. The maximum atomic E-state index is 11.7. The second-order valence-corrected chi connectivity index (χ2v) is 6.60. The minimum absolute atomic E-state index is 0.234. The lowest BCUT2D eigenvalue weighted by Crippen LogP contribution is -2.50. The lowest BCUT2D eigenvalue weighted by molar-refractivity contribution is -0.0122. The summed E-state index contributed by atoms with van der Waals surface area (Å²) in [5.41, 5.74) is 0.522. The second kappa shape index (κ2) is 5.90. The Balaban J connectivity index is 1.44. The predicted molar refractivity (Wildman–Crippen MR) is 86.1 cm³/mol. The number of hydrogen-bond acceptors (Lipinski definition) is 6. The summed E-state index contributed by atoms with van der Waals surface area (Å²) < 4.78 is 11.0. The van der Waals surface area contributed by atoms with Crippen LogP contribution >= 0.6 is 0 Å². The number of ether oxygens (including phenoxy) is 1. The molecule has 2 aromatic rings. The average Bonchev–Trinajstić information content (AvgIpc) is 3.14. The number of carbonyl (C=O) groups excluding carboxylic acids is 1. The van der Waals surface area contributed by atoms with E-state index in [4.69, 9.17) is 9.26 Å². The molecule has 126 valence electrons. The highest BCUT2D eigenvalue weighted by Crippen LogP contribution is 2.31. The Bertz CT molecular complexity index is 732. The van der Waals surface area contributed by atoms with Gasteiger partial charge >= 0.3 is 6.09 Å². The first-order valence-electron chi connectivity index (χ1n) is 8.18. The number of amides is 1. The Morgan fingerprint density at radius 1 is 1.25 bits per heavy atom. The lowest BCUT2D eigenvalue weighted by atomic mass is 9.93. The first-order valence-corrected chi connectivity index (χ1v) is 8.18. The third-order valence-corrected chi connectivity index (χ3v) is 4.61. The Hall–Kier alpha value is -2.41. The highest BCUT2D eigenvalue weighted by atomic mass is 16.6. The van der Waals surface area contributed by atoms with Crippen molar-refractivity contribution in [1.29, 1.82) is 0 Å². The number of nitrogens with zero attached hydrogens (tertiary/aromatic N) is 4. The van der Waals surface area contributed by atoms with Crippen molar-refractivity contribution < 1.29 is 14.1 Å². The first-order chi connectivity index (χ1) is 11.6. The lowest BCUT2D eigenvalue weighted by Gasteiger charge is -2.37. The van der Waals surface area contributed by atoms with E-state index >= 15 is 0 Å². The summed E-state index contributed by atoms with van der Waals surface area (Å²) in [6.07, 6.45) is 1.66. The quantitative estimate of drug-likeness (QED) is 0.860. The van der Waals surface area contributed by atoms with Crippen LogP contribution in [0.1, 0.15) is 18.7 Å². The summed E-state index contributed by atoms with van der Waals surface area (Å²) in [6, 6.07) is 9.73. The number of likely N-dealkylation sites (N-methyl/N-ethyl adjacent to an activating group) is 1. The standard InChI is InChI=1S/C17H20N4O3/c1-20-11-17(23-16(20)22)8-5-9-21(12-17)10-14-18-15(24-19-14)13-6-3-2-4-7-13/h2-4,6-7H,5,8-12H2,1H3/t17-/m0/s1. The van der Waals surface area contributed by atoms with Crippen molar-refractivity contribution in [2.24, 2.45) is 0 Å². The fourth-order valence-corrected chi connectivity index (χ4v) is 3.55. The molecule has 1 amide bonds. The third-order valence-electron chi connectivity index (χ3n) is 4.61. The molecule has 24 heavy (non-hydrogen) atoms. The van der Waals surface area contributed by atoms with Crippen LogP contribution in [0.15, 0.2) is 34.9 Å². The number of likely N-dealkylation sites (tertiary alicyclic amines) is 1. The van der Waals surface area contributed by atoms with Crippen molar-refractivity contribution in [2.75, 3.05) is 26.7 Å². The van der Waals surface area contributed by atoms with Gasteiger partial charge in [0.05, 0.1) is 13.1 Å². The van der Waals surface area contributed by atoms with Crippen LogP contribution in [-0.4, -0.2) is 58.3 Å². The Labute approximate surface area is 140 Å². The molecule has 7 heteroatoms. The summed E-state index contributed by atoms with van der Waals surface area (Å²) in [6.45, 7) is 2.89. The SMILES string of the molecule is CN1C[C@]2(CCCN(Cc3noc(-c4ccccc4)n3)C2)OC1=O. The van der Waals surface area contributed by atoms with Gasteiger partial charge in [0.1, 0.15) is 5.60 Å². The molecule has 1 atom stereocenters. The van der Waals surface area contributed by atoms with Crippen molar-refractivity contribution in [3.05, 3.63) is 36.2 Å². The smallest absolute Gasteiger partial charge is 0.410 e. The zero-order chi connectivity index (χ0) is 16.6. The zero-order valence-electron chi connectivity index (χ0n) is 13.6. The van der Waals surface area contributed by atoms with Gasteiger partial charge in [-0.1, -0.05) is 23.4 Å². The molecule has 0 bridgehead atoms. The van der Waals surface area contributed by atoms with Crippen LogP contribution in [0, 0.1) is 0 Å². The molecular weight excluding hydrogens is 308 g/mol. The Kier molecular flexibility index (Phi) is 3.72. The van der Waals surface area contributed by atoms with Gasteiger partial charge in [0, 0.05) is 19.2 Å². The molecular formula is C17H20N4O3. The molecule has 1 aromatic carbocycles. The van der Waals surface area contributed by atoms with Gasteiger partial charge in [0.15, 0.2) is 5.82 Å². The second-order valence-electron chi connectivity index (χ2n) is 6.60. The largest absolute Gasteiger partial charge is 0.440 e. The maximum Gasteiger partial charge on any atom is 0.410 e. The van der Waals surface area contributed by atoms with Gasteiger partial charge in [-0.05, 0) is 31.5 Å². The number of aromatic nitrogens is 2. The van der Waals surface area contributed by atoms with Crippen LogP contribution in [0.25, 0.3) is 11.5 Å². The number of carbonyl (C=O) groups is 1. The van der Waals surface area contributed by atoms with Crippen molar-refractivity contribution in [1.82, 2.24) is 19.9 Å². The number of benzene rings is 1. The monoisotopic (exact) mass is 328 g/mol. The van der Waals surface area contributed by atoms with Crippen LogP contribution < -0.4 is 0 Å². The van der Waals surface area contributed by atoms with Gasteiger partial charge in [0.2, 0.25) is 0 Å². The van der Waals surface area contributed by atoms with Crippen LogP contribution in [0.4, 0.5) is 4.79 Å². The van der Waals surface area contributed by atoms with E-state index in [1.807, 2.05) is 30.3 Å². The van der Waals surface area contributed by atoms with Gasteiger partial charge in [-0.25, -0.2) is 4.79 Å². The van der Waals surface area contributed by atoms with E-state index in [9.17, 15) is 4.79 Å². The maximum absolute atomic E-state index is 11.7. The number of hydrogen-bond donors (Lipinski definition) is 0. The van der Waals surface area contributed by atoms with Crippen LogP contribution in [0.5, 0.6) is 0 Å². The van der Waals surface area contributed by atoms with Crippen LogP contribution in [-0.2, 0) is 11.3 Å². The van der Waals surface area contributed by atoms with E-state index in [2.05, 4.69) is 15.0 Å². The van der Waals surface area contributed by atoms with Crippen molar-refractivity contribution in [2.45, 2.75) is 25.0 Å². The molecule has 0 unspecified atom stereocenters. The minimum Gasteiger partial charge on any atom is -0.440 e. The van der Waals surface area contributed by atoms with E-state index in [1.54, 1.807) is 11.9 Å². The van der Waals surface area contributed by atoms with Crippen molar-refractivity contribution >= 4 is 6.09 Å². The molecule has 3 heterocycles. The summed E-state index contributed by atoms with van der Waals surface area (Å²) in [7, 11) is 1.78. The van der Waals surface area contributed by atoms with Gasteiger partial charge in [-0.2, -0.15) is 4.98 Å². The molecule has 7 nitrogen and oxygen atoms in total. The first kappa shape index (κ1) is 15.1. The average molecular weight is 328 g/mol. The van der Waals surface area contributed by atoms with Gasteiger partial charge in [-0.15, -0.1) is 0 Å². The normalized spacial score (nSPS) is 24.5. The minimum atomic E-state index is -0.393. The summed E-state index contributed by atoms with van der Waals surface area (Å²) in [5, 5.41) is 4.09. The summed E-state index contributed by atoms with van der Waals surface area (Å²) >= 11 is 0. The highest BCUT2D eigenvalue weighted by Gasteiger charge is 2.46. The molecule has 2 aliphatic heterocycles. The molecule has 0 saturated carbocycles. The van der Waals surface area contributed by atoms with E-state index in [1.165, 1.54) is 0 Å². The molecule has 1 spiro atoms. The van der Waals surface area contributed by atoms with E-state index in [-0.39, 0.29) is 6.09 Å². The van der Waals surface area contributed by atoms with Crippen molar-refractivity contribution in [3.8, 4) is 11.5 Å². The molecule has 4 rings (SSSR count). The molecule has 0 radical (unpaired) electrons.